The summed E-state index contributed by atoms with van der Waals surface area (Å²) in [5.41, 5.74) is 1.84. The lowest BCUT2D eigenvalue weighted by Gasteiger charge is -2.36. The smallest absolute Gasteiger partial charge is 0.263 e. The van der Waals surface area contributed by atoms with Gasteiger partial charge in [-0.1, -0.05) is 30.3 Å². The summed E-state index contributed by atoms with van der Waals surface area (Å²) in [4.78, 5) is 24.3. The highest BCUT2D eigenvalue weighted by molar-refractivity contribution is 5.76. The first kappa shape index (κ1) is 21.1. The van der Waals surface area contributed by atoms with Gasteiger partial charge in [-0.3, -0.25) is 14.7 Å². The molecule has 0 aliphatic carbocycles. The van der Waals surface area contributed by atoms with Crippen LogP contribution in [0.5, 0.6) is 0 Å². The largest absolute Gasteiger partial charge is 0.367 e. The molecule has 1 aliphatic rings. The first-order valence-corrected chi connectivity index (χ1v) is 11.2. The summed E-state index contributed by atoms with van der Waals surface area (Å²) in [5, 5.41) is 8.02. The average molecular weight is 448 g/mol. The van der Waals surface area contributed by atoms with E-state index >= 15 is 0 Å². The van der Waals surface area contributed by atoms with E-state index in [1.807, 2.05) is 42.5 Å². The molecule has 9 heteroatoms. The fourth-order valence-electron chi connectivity index (χ4n) is 4.19. The molecule has 33 heavy (non-hydrogen) atoms. The van der Waals surface area contributed by atoms with Crippen LogP contribution in [0.3, 0.4) is 0 Å². The summed E-state index contributed by atoms with van der Waals surface area (Å²) in [6.07, 6.45) is 2.44. The standard InChI is InChI=1S/C24H26FN7O/c25-20-9-4-5-10-21(20)31-15-13-30(14-16-31)12-6-11-26-24-28-22-19(23(33)29-24)17-27-32(22)18-7-2-1-3-8-18/h1-5,7-10,17H,6,11-16H2,(H2,26,28,29,33). The predicted molar refractivity (Wildman–Crippen MR) is 128 cm³/mol. The zero-order valence-corrected chi connectivity index (χ0v) is 18.2. The number of hydrogen-bond donors (Lipinski definition) is 2. The van der Waals surface area contributed by atoms with Crippen molar-refractivity contribution in [2.24, 2.45) is 0 Å². The zero-order chi connectivity index (χ0) is 22.6. The number of aromatic amines is 1. The monoisotopic (exact) mass is 447 g/mol. The molecule has 0 atom stereocenters. The topological polar surface area (TPSA) is 82.1 Å². The number of nitrogens with zero attached hydrogens (tertiary/aromatic N) is 5. The van der Waals surface area contributed by atoms with E-state index < -0.39 is 0 Å². The Balaban J connectivity index is 1.15. The normalized spacial score (nSPS) is 14.6. The maximum absolute atomic E-state index is 14.0. The number of halogens is 1. The Morgan fingerprint density at radius 3 is 2.55 bits per heavy atom. The van der Waals surface area contributed by atoms with Crippen molar-refractivity contribution in [2.45, 2.75) is 6.42 Å². The number of hydrogen-bond acceptors (Lipinski definition) is 6. The lowest BCUT2D eigenvalue weighted by atomic mass is 10.2. The highest BCUT2D eigenvalue weighted by atomic mass is 19.1. The first-order valence-electron chi connectivity index (χ1n) is 11.2. The minimum absolute atomic E-state index is 0.165. The number of anilines is 2. The van der Waals surface area contributed by atoms with Gasteiger partial charge in [0.15, 0.2) is 5.65 Å². The van der Waals surface area contributed by atoms with Gasteiger partial charge in [-0.25, -0.2) is 9.07 Å². The zero-order valence-electron chi connectivity index (χ0n) is 18.2. The molecule has 4 aromatic rings. The molecule has 0 unspecified atom stereocenters. The van der Waals surface area contributed by atoms with Crippen molar-refractivity contribution in [3.63, 3.8) is 0 Å². The minimum Gasteiger partial charge on any atom is -0.367 e. The molecule has 0 radical (unpaired) electrons. The van der Waals surface area contributed by atoms with Gasteiger partial charge < -0.3 is 10.2 Å². The van der Waals surface area contributed by atoms with Gasteiger partial charge in [0.05, 0.1) is 17.6 Å². The Hall–Kier alpha value is -3.72. The van der Waals surface area contributed by atoms with Crippen LogP contribution in [0.25, 0.3) is 16.7 Å². The number of piperazine rings is 1. The minimum atomic E-state index is -0.214. The lowest BCUT2D eigenvalue weighted by molar-refractivity contribution is 0.256. The molecule has 0 amide bonds. The Morgan fingerprint density at radius 2 is 1.76 bits per heavy atom. The number of rotatable bonds is 7. The SMILES string of the molecule is O=c1[nH]c(NCCCN2CCN(c3ccccc3F)CC2)nc2c1cnn2-c1ccccc1. The summed E-state index contributed by atoms with van der Waals surface area (Å²) < 4.78 is 15.7. The van der Waals surface area contributed by atoms with Crippen molar-refractivity contribution in [2.75, 3.05) is 49.5 Å². The third-order valence-corrected chi connectivity index (χ3v) is 5.95. The maximum atomic E-state index is 14.0. The van der Waals surface area contributed by atoms with Crippen LogP contribution in [0.4, 0.5) is 16.0 Å². The van der Waals surface area contributed by atoms with Crippen molar-refractivity contribution in [3.8, 4) is 5.69 Å². The molecule has 0 spiro atoms. The van der Waals surface area contributed by atoms with E-state index in [4.69, 9.17) is 0 Å². The van der Waals surface area contributed by atoms with Crippen LogP contribution in [-0.4, -0.2) is 63.9 Å². The van der Waals surface area contributed by atoms with Crippen molar-refractivity contribution in [3.05, 3.63) is 77.0 Å². The number of para-hydroxylation sites is 2. The van der Waals surface area contributed by atoms with Crippen LogP contribution in [0.15, 0.2) is 65.6 Å². The number of fused-ring (bicyclic) bond motifs is 1. The molecular formula is C24H26FN7O. The lowest BCUT2D eigenvalue weighted by Crippen LogP contribution is -2.47. The van der Waals surface area contributed by atoms with Crippen LogP contribution < -0.4 is 15.8 Å². The Kier molecular flexibility index (Phi) is 6.03. The van der Waals surface area contributed by atoms with E-state index in [2.05, 4.69) is 30.2 Å². The number of nitrogens with one attached hydrogen (secondary N) is 2. The summed E-state index contributed by atoms with van der Waals surface area (Å²) in [6, 6.07) is 16.6. The summed E-state index contributed by atoms with van der Waals surface area (Å²) in [6.45, 7) is 5.01. The van der Waals surface area contributed by atoms with E-state index in [1.165, 1.54) is 6.07 Å². The Labute approximate surface area is 190 Å². The molecule has 1 saturated heterocycles. The van der Waals surface area contributed by atoms with Crippen LogP contribution in [0, 0.1) is 5.82 Å². The van der Waals surface area contributed by atoms with Gasteiger partial charge in [0.25, 0.3) is 5.56 Å². The molecule has 5 rings (SSSR count). The highest BCUT2D eigenvalue weighted by Crippen LogP contribution is 2.20. The van der Waals surface area contributed by atoms with E-state index in [0.29, 0.717) is 29.2 Å². The predicted octanol–water partition coefficient (Wildman–Crippen LogP) is 2.87. The molecule has 170 valence electrons. The van der Waals surface area contributed by atoms with Crippen molar-refractivity contribution in [1.82, 2.24) is 24.6 Å². The van der Waals surface area contributed by atoms with Crippen LogP contribution in [-0.2, 0) is 0 Å². The van der Waals surface area contributed by atoms with Gasteiger partial charge in [0, 0.05) is 32.7 Å². The average Bonchev–Trinajstić information content (AvgIpc) is 3.28. The van der Waals surface area contributed by atoms with Crippen molar-refractivity contribution < 1.29 is 4.39 Å². The molecule has 0 saturated carbocycles. The second-order valence-electron chi connectivity index (χ2n) is 8.10. The van der Waals surface area contributed by atoms with Gasteiger partial charge in [-0.2, -0.15) is 10.1 Å². The molecule has 2 N–H and O–H groups in total. The summed E-state index contributed by atoms with van der Waals surface area (Å²) >= 11 is 0. The second kappa shape index (κ2) is 9.41. The van der Waals surface area contributed by atoms with E-state index in [1.54, 1.807) is 16.9 Å². The van der Waals surface area contributed by atoms with Crippen molar-refractivity contribution in [1.29, 1.82) is 0 Å². The number of benzene rings is 2. The van der Waals surface area contributed by atoms with Gasteiger partial charge in [0.1, 0.15) is 11.2 Å². The van der Waals surface area contributed by atoms with Crippen LogP contribution in [0.1, 0.15) is 6.42 Å². The summed E-state index contributed by atoms with van der Waals surface area (Å²) in [5.74, 6) is 0.275. The molecule has 2 aromatic carbocycles. The maximum Gasteiger partial charge on any atom is 0.263 e. The molecular weight excluding hydrogens is 421 g/mol. The molecule has 1 aliphatic heterocycles. The summed E-state index contributed by atoms with van der Waals surface area (Å²) in [7, 11) is 0. The number of H-pyrrole nitrogens is 1. The van der Waals surface area contributed by atoms with Crippen molar-refractivity contribution >= 4 is 22.7 Å². The van der Waals surface area contributed by atoms with E-state index in [-0.39, 0.29) is 11.4 Å². The molecule has 2 aromatic heterocycles. The second-order valence-corrected chi connectivity index (χ2v) is 8.10. The first-order chi connectivity index (χ1) is 16.2. The van der Waals surface area contributed by atoms with Gasteiger partial charge in [-0.05, 0) is 37.2 Å². The molecule has 0 bridgehead atoms. The van der Waals surface area contributed by atoms with E-state index in [0.717, 1.165) is 44.8 Å². The third kappa shape index (κ3) is 4.58. The molecule has 1 fully saturated rings. The molecule has 3 heterocycles. The number of aromatic nitrogens is 4. The Bertz CT molecular complexity index is 1280. The highest BCUT2D eigenvalue weighted by Gasteiger charge is 2.19. The van der Waals surface area contributed by atoms with Crippen LogP contribution >= 0.6 is 0 Å². The quantitative estimate of drug-likeness (QED) is 0.424. The fourth-order valence-corrected chi connectivity index (χ4v) is 4.19. The van der Waals surface area contributed by atoms with E-state index in [9.17, 15) is 9.18 Å². The van der Waals surface area contributed by atoms with Gasteiger partial charge >= 0.3 is 0 Å². The van der Waals surface area contributed by atoms with Gasteiger partial charge in [-0.15, -0.1) is 0 Å². The Morgan fingerprint density at radius 1 is 1.00 bits per heavy atom. The fraction of sp³-hybridized carbons (Fsp3) is 0.292. The third-order valence-electron chi connectivity index (χ3n) is 5.95. The molecule has 8 nitrogen and oxygen atoms in total. The van der Waals surface area contributed by atoms with Crippen LogP contribution in [0.2, 0.25) is 0 Å². The van der Waals surface area contributed by atoms with Gasteiger partial charge in [0.2, 0.25) is 5.95 Å².